The molecule has 0 unspecified atom stereocenters. The van der Waals surface area contributed by atoms with Crippen molar-refractivity contribution in [3.05, 3.63) is 113 Å². The maximum absolute atomic E-state index is 6.53. The Hall–Kier alpha value is -3.36. The molecule has 1 aliphatic rings. The van der Waals surface area contributed by atoms with Crippen molar-refractivity contribution in [1.29, 1.82) is 0 Å². The van der Waals surface area contributed by atoms with E-state index in [-0.39, 0.29) is 0 Å². The second-order valence-electron chi connectivity index (χ2n) is 6.69. The van der Waals surface area contributed by atoms with Crippen LogP contribution in [0.5, 0.6) is 0 Å². The molecular formula is C25H16ClNO. The summed E-state index contributed by atoms with van der Waals surface area (Å²) in [7, 11) is 0. The van der Waals surface area contributed by atoms with Crippen LogP contribution in [0.15, 0.2) is 112 Å². The molecule has 3 aromatic carbocycles. The fraction of sp³-hybridized carbons (Fsp3) is 0. The Morgan fingerprint density at radius 1 is 0.786 bits per heavy atom. The minimum absolute atomic E-state index is 0.578. The van der Waals surface area contributed by atoms with E-state index in [4.69, 9.17) is 21.0 Å². The third-order valence-corrected chi connectivity index (χ3v) is 5.22. The molecule has 0 atom stereocenters. The molecule has 3 heteroatoms. The summed E-state index contributed by atoms with van der Waals surface area (Å²) in [5.41, 5.74) is 6.05. The molecule has 0 spiro atoms. The number of hydrogen-bond donors (Lipinski definition) is 0. The van der Waals surface area contributed by atoms with Gasteiger partial charge in [-0.3, -0.25) is 0 Å². The van der Waals surface area contributed by atoms with Gasteiger partial charge in [0.25, 0.3) is 0 Å². The van der Waals surface area contributed by atoms with Crippen LogP contribution in [0.2, 0.25) is 0 Å². The Bertz CT molecular complexity index is 1320. The van der Waals surface area contributed by atoms with Crippen molar-refractivity contribution in [2.75, 3.05) is 0 Å². The highest BCUT2D eigenvalue weighted by Gasteiger charge is 2.17. The van der Waals surface area contributed by atoms with E-state index in [0.29, 0.717) is 5.03 Å². The van der Waals surface area contributed by atoms with Gasteiger partial charge < -0.3 is 4.42 Å². The number of rotatable bonds is 2. The molecular weight excluding hydrogens is 366 g/mol. The largest absolute Gasteiger partial charge is 0.456 e. The van der Waals surface area contributed by atoms with Crippen LogP contribution in [0.4, 0.5) is 0 Å². The number of fused-ring (bicyclic) bond motifs is 3. The molecule has 4 aromatic rings. The highest BCUT2D eigenvalue weighted by atomic mass is 35.5. The number of allylic oxidation sites excluding steroid dienone is 4. The van der Waals surface area contributed by atoms with E-state index in [9.17, 15) is 0 Å². The molecule has 5 rings (SSSR count). The van der Waals surface area contributed by atoms with E-state index in [1.165, 1.54) is 0 Å². The van der Waals surface area contributed by atoms with Crippen LogP contribution in [0.1, 0.15) is 11.1 Å². The van der Waals surface area contributed by atoms with Crippen molar-refractivity contribution < 1.29 is 4.42 Å². The summed E-state index contributed by atoms with van der Waals surface area (Å²) in [5.74, 6) is 0. The fourth-order valence-electron chi connectivity index (χ4n) is 3.52. The molecule has 0 bridgehead atoms. The number of furan rings is 1. The number of halogens is 1. The Morgan fingerprint density at radius 2 is 1.54 bits per heavy atom. The zero-order chi connectivity index (χ0) is 19.1. The maximum Gasteiger partial charge on any atom is 0.136 e. The quantitative estimate of drug-likeness (QED) is 0.363. The van der Waals surface area contributed by atoms with Crippen LogP contribution < -0.4 is 0 Å². The molecule has 0 aliphatic carbocycles. The normalized spacial score (nSPS) is 14.6. The third-order valence-electron chi connectivity index (χ3n) is 4.87. The standard InChI is InChI=1S/C25H16ClNO/c1-16-14-21(17-8-3-2-4-9-17)27-22(15-20(16)26)18-11-7-13-24-25(18)19-10-5-6-12-23(19)28-24/h2-15H,1H2. The Morgan fingerprint density at radius 3 is 2.39 bits per heavy atom. The van der Waals surface area contributed by atoms with Crippen LogP contribution >= 0.6 is 11.6 Å². The van der Waals surface area contributed by atoms with E-state index in [2.05, 4.69) is 18.7 Å². The first-order chi connectivity index (χ1) is 13.7. The van der Waals surface area contributed by atoms with Crippen molar-refractivity contribution in [1.82, 2.24) is 0 Å². The first kappa shape index (κ1) is 16.8. The number of para-hydroxylation sites is 1. The van der Waals surface area contributed by atoms with Crippen LogP contribution in [0, 0.1) is 0 Å². The zero-order valence-electron chi connectivity index (χ0n) is 15.0. The third kappa shape index (κ3) is 2.79. The van der Waals surface area contributed by atoms with E-state index >= 15 is 0 Å². The molecule has 0 N–H and O–H groups in total. The van der Waals surface area contributed by atoms with E-state index < -0.39 is 0 Å². The van der Waals surface area contributed by atoms with Gasteiger partial charge in [-0.1, -0.05) is 78.8 Å². The molecule has 28 heavy (non-hydrogen) atoms. The van der Waals surface area contributed by atoms with E-state index in [1.54, 1.807) is 0 Å². The monoisotopic (exact) mass is 381 g/mol. The average molecular weight is 382 g/mol. The highest BCUT2D eigenvalue weighted by Crippen LogP contribution is 2.34. The SMILES string of the molecule is C=C1C=C(c2ccccc2)N=C(c2cccc3oc4ccccc4c23)C=C1Cl. The molecule has 0 fully saturated rings. The summed E-state index contributed by atoms with van der Waals surface area (Å²) in [4.78, 5) is 4.97. The highest BCUT2D eigenvalue weighted by molar-refractivity contribution is 6.36. The van der Waals surface area contributed by atoms with Crippen molar-refractivity contribution in [3.8, 4) is 0 Å². The predicted octanol–water partition coefficient (Wildman–Crippen LogP) is 7.11. The number of hydrogen-bond acceptors (Lipinski definition) is 2. The molecule has 0 radical (unpaired) electrons. The van der Waals surface area contributed by atoms with Gasteiger partial charge in [0.1, 0.15) is 11.2 Å². The molecule has 0 saturated heterocycles. The van der Waals surface area contributed by atoms with Crippen LogP contribution in [0.25, 0.3) is 27.6 Å². The van der Waals surface area contributed by atoms with Gasteiger partial charge in [0, 0.05) is 26.9 Å². The second-order valence-corrected chi connectivity index (χ2v) is 7.09. The minimum Gasteiger partial charge on any atom is -0.456 e. The lowest BCUT2D eigenvalue weighted by molar-refractivity contribution is 0.669. The molecule has 2 heterocycles. The van der Waals surface area contributed by atoms with Gasteiger partial charge in [-0.15, -0.1) is 0 Å². The summed E-state index contributed by atoms with van der Waals surface area (Å²) >= 11 is 6.53. The lowest BCUT2D eigenvalue weighted by atomic mass is 10.0. The van der Waals surface area contributed by atoms with Crippen molar-refractivity contribution >= 4 is 44.9 Å². The second kappa shape index (κ2) is 6.66. The van der Waals surface area contributed by atoms with Crippen LogP contribution in [-0.4, -0.2) is 5.71 Å². The summed E-state index contributed by atoms with van der Waals surface area (Å²) in [6.07, 6.45) is 3.81. The summed E-state index contributed by atoms with van der Waals surface area (Å²) in [5, 5.41) is 2.68. The van der Waals surface area contributed by atoms with Gasteiger partial charge in [-0.05, 0) is 29.9 Å². The zero-order valence-corrected chi connectivity index (χ0v) is 15.8. The van der Waals surface area contributed by atoms with Crippen LogP contribution in [-0.2, 0) is 0 Å². The molecule has 2 nitrogen and oxygen atoms in total. The first-order valence-electron chi connectivity index (χ1n) is 9.03. The Labute approximate surface area is 167 Å². The van der Waals surface area contributed by atoms with Crippen molar-refractivity contribution in [2.24, 2.45) is 4.99 Å². The summed E-state index contributed by atoms with van der Waals surface area (Å²) < 4.78 is 6.03. The molecule has 0 amide bonds. The maximum atomic E-state index is 6.53. The summed E-state index contributed by atoms with van der Waals surface area (Å²) in [6, 6.07) is 24.1. The molecule has 0 saturated carbocycles. The minimum atomic E-state index is 0.578. The van der Waals surface area contributed by atoms with E-state index in [0.717, 1.165) is 50.0 Å². The number of benzene rings is 3. The van der Waals surface area contributed by atoms with Crippen molar-refractivity contribution in [2.45, 2.75) is 0 Å². The fourth-order valence-corrected chi connectivity index (χ4v) is 3.68. The Balaban J connectivity index is 1.79. The Kier molecular flexibility index (Phi) is 4.00. The molecule has 1 aromatic heterocycles. The average Bonchev–Trinajstić information content (AvgIpc) is 3.04. The number of nitrogens with zero attached hydrogens (tertiary/aromatic N) is 1. The van der Waals surface area contributed by atoms with Crippen molar-refractivity contribution in [3.63, 3.8) is 0 Å². The number of aliphatic imine (C=N–C) groups is 1. The van der Waals surface area contributed by atoms with Gasteiger partial charge in [-0.2, -0.15) is 0 Å². The van der Waals surface area contributed by atoms with Gasteiger partial charge >= 0.3 is 0 Å². The topological polar surface area (TPSA) is 25.5 Å². The van der Waals surface area contributed by atoms with Gasteiger partial charge in [0.05, 0.1) is 11.4 Å². The summed E-state index contributed by atoms with van der Waals surface area (Å²) in [6.45, 7) is 4.09. The lowest BCUT2D eigenvalue weighted by Crippen LogP contribution is -1.98. The lowest BCUT2D eigenvalue weighted by Gasteiger charge is -2.06. The van der Waals surface area contributed by atoms with Gasteiger partial charge in [-0.25, -0.2) is 4.99 Å². The molecule has 134 valence electrons. The van der Waals surface area contributed by atoms with Gasteiger partial charge in [0.15, 0.2) is 0 Å². The predicted molar refractivity (Wildman–Crippen MR) is 118 cm³/mol. The van der Waals surface area contributed by atoms with E-state index in [1.807, 2.05) is 72.8 Å². The van der Waals surface area contributed by atoms with Gasteiger partial charge in [0.2, 0.25) is 0 Å². The first-order valence-corrected chi connectivity index (χ1v) is 9.41. The molecule has 1 aliphatic heterocycles. The van der Waals surface area contributed by atoms with Crippen LogP contribution in [0.3, 0.4) is 0 Å². The smallest absolute Gasteiger partial charge is 0.136 e.